The van der Waals surface area contributed by atoms with Crippen molar-refractivity contribution in [1.82, 2.24) is 5.32 Å². The highest BCUT2D eigenvalue weighted by Gasteiger charge is 2.02. The third-order valence-corrected chi connectivity index (χ3v) is 2.02. The summed E-state index contributed by atoms with van der Waals surface area (Å²) in [4.78, 5) is 0. The molecule has 16 heavy (non-hydrogen) atoms. The molecule has 1 atom stereocenters. The Labute approximate surface area is 95.5 Å². The summed E-state index contributed by atoms with van der Waals surface area (Å²) in [5.74, 6) is 0.710. The predicted octanol–water partition coefficient (Wildman–Crippen LogP) is 1.06. The maximum Gasteiger partial charge on any atom is 0.174 e. The monoisotopic (exact) mass is 220 g/mol. The first-order valence-corrected chi connectivity index (χ1v) is 5.20. The number of aliphatic hydroxyl groups excluding tert-OH is 1. The average Bonchev–Trinajstić information content (AvgIpc) is 2.27. The van der Waals surface area contributed by atoms with E-state index in [1.54, 1.807) is 6.92 Å². The minimum absolute atomic E-state index is 0.0490. The first-order valence-electron chi connectivity index (χ1n) is 5.20. The number of hydrogen-bond donors (Lipinski definition) is 2. The molecule has 1 unspecified atom stereocenters. The topological polar surface area (TPSA) is 65.3 Å². The summed E-state index contributed by atoms with van der Waals surface area (Å²) in [7, 11) is 0. The van der Waals surface area contributed by atoms with Crippen molar-refractivity contribution < 1.29 is 9.84 Å². The Hall–Kier alpha value is -1.57. The smallest absolute Gasteiger partial charge is 0.174 e. The number of para-hydroxylation sites is 1. The van der Waals surface area contributed by atoms with Crippen LogP contribution in [0.4, 0.5) is 0 Å². The van der Waals surface area contributed by atoms with Crippen LogP contribution in [0.5, 0.6) is 5.75 Å². The second-order valence-electron chi connectivity index (χ2n) is 3.53. The third-order valence-electron chi connectivity index (χ3n) is 2.02. The number of benzene rings is 1. The molecule has 4 heteroatoms. The molecular formula is C12H16N2O2. The van der Waals surface area contributed by atoms with Gasteiger partial charge >= 0.3 is 0 Å². The molecule has 0 aliphatic rings. The molecule has 86 valence electrons. The summed E-state index contributed by atoms with van der Waals surface area (Å²) in [5.41, 5.74) is 0.985. The van der Waals surface area contributed by atoms with Gasteiger partial charge in [0.1, 0.15) is 11.8 Å². The van der Waals surface area contributed by atoms with Gasteiger partial charge in [-0.1, -0.05) is 18.2 Å². The van der Waals surface area contributed by atoms with Crippen LogP contribution in [0.15, 0.2) is 24.3 Å². The lowest BCUT2D eigenvalue weighted by Crippen LogP contribution is -2.24. The fraction of sp³-hybridized carbons (Fsp3) is 0.417. The van der Waals surface area contributed by atoms with Gasteiger partial charge in [0.05, 0.1) is 6.10 Å². The summed E-state index contributed by atoms with van der Waals surface area (Å²) < 4.78 is 5.28. The largest absolute Gasteiger partial charge is 0.478 e. The zero-order valence-corrected chi connectivity index (χ0v) is 9.31. The molecule has 0 spiro atoms. The van der Waals surface area contributed by atoms with Crippen molar-refractivity contribution in [3.05, 3.63) is 29.8 Å². The Morgan fingerprint density at radius 1 is 1.50 bits per heavy atom. The fourth-order valence-corrected chi connectivity index (χ4v) is 1.32. The van der Waals surface area contributed by atoms with Gasteiger partial charge in [-0.15, -0.1) is 0 Å². The van der Waals surface area contributed by atoms with Gasteiger partial charge in [0.2, 0.25) is 0 Å². The quantitative estimate of drug-likeness (QED) is 0.752. The van der Waals surface area contributed by atoms with E-state index in [-0.39, 0.29) is 12.7 Å². The molecule has 0 radical (unpaired) electrons. The van der Waals surface area contributed by atoms with Gasteiger partial charge in [-0.25, -0.2) is 0 Å². The summed E-state index contributed by atoms with van der Waals surface area (Å²) in [6.45, 7) is 2.93. The van der Waals surface area contributed by atoms with E-state index in [9.17, 15) is 0 Å². The van der Waals surface area contributed by atoms with Crippen molar-refractivity contribution in [3.63, 3.8) is 0 Å². The number of ether oxygens (including phenoxy) is 1. The van der Waals surface area contributed by atoms with Gasteiger partial charge in [0, 0.05) is 18.7 Å². The Balaban J connectivity index is 2.53. The average molecular weight is 220 g/mol. The number of rotatable bonds is 6. The van der Waals surface area contributed by atoms with Crippen molar-refractivity contribution >= 4 is 0 Å². The number of aliphatic hydroxyl groups is 1. The van der Waals surface area contributed by atoms with Crippen LogP contribution in [0.3, 0.4) is 0 Å². The molecule has 0 bridgehead atoms. The maximum atomic E-state index is 9.10. The van der Waals surface area contributed by atoms with Crippen LogP contribution in [0.1, 0.15) is 12.5 Å². The zero-order valence-electron chi connectivity index (χ0n) is 9.31. The number of nitriles is 1. The van der Waals surface area contributed by atoms with Gasteiger partial charge < -0.3 is 15.2 Å². The first kappa shape index (κ1) is 12.5. The minimum atomic E-state index is -0.368. The van der Waals surface area contributed by atoms with Gasteiger partial charge in [-0.2, -0.15) is 5.26 Å². The lowest BCUT2D eigenvalue weighted by atomic mass is 10.2. The SMILES string of the molecule is CC(O)CNCc1ccccc1OCC#N. The number of nitrogens with zero attached hydrogens (tertiary/aromatic N) is 1. The van der Waals surface area contributed by atoms with Crippen LogP contribution in [0.2, 0.25) is 0 Å². The van der Waals surface area contributed by atoms with E-state index in [1.165, 1.54) is 0 Å². The van der Waals surface area contributed by atoms with E-state index >= 15 is 0 Å². The Kier molecular flexibility index (Phi) is 5.34. The van der Waals surface area contributed by atoms with Crippen molar-refractivity contribution in [2.75, 3.05) is 13.2 Å². The lowest BCUT2D eigenvalue weighted by Gasteiger charge is -2.11. The Bertz CT molecular complexity index is 358. The molecule has 0 saturated heterocycles. The normalized spacial score (nSPS) is 11.8. The van der Waals surface area contributed by atoms with E-state index in [0.717, 1.165) is 5.56 Å². The second-order valence-corrected chi connectivity index (χ2v) is 3.53. The highest BCUT2D eigenvalue weighted by Crippen LogP contribution is 2.17. The molecule has 4 nitrogen and oxygen atoms in total. The van der Waals surface area contributed by atoms with Crippen molar-refractivity contribution in [3.8, 4) is 11.8 Å². The van der Waals surface area contributed by atoms with Crippen molar-refractivity contribution in [2.24, 2.45) is 0 Å². The summed E-state index contributed by atoms with van der Waals surface area (Å²) in [6, 6.07) is 9.48. The number of nitrogens with one attached hydrogen (secondary N) is 1. The molecule has 1 aromatic carbocycles. The molecule has 0 saturated carbocycles. The first-order chi connectivity index (χ1) is 7.74. The highest BCUT2D eigenvalue weighted by molar-refractivity contribution is 5.33. The predicted molar refractivity (Wildman–Crippen MR) is 60.9 cm³/mol. The molecule has 0 heterocycles. The maximum absolute atomic E-state index is 9.10. The Morgan fingerprint density at radius 3 is 2.94 bits per heavy atom. The van der Waals surface area contributed by atoms with Crippen molar-refractivity contribution in [2.45, 2.75) is 19.6 Å². The van der Waals surface area contributed by atoms with E-state index in [4.69, 9.17) is 15.1 Å². The van der Waals surface area contributed by atoms with Gasteiger partial charge in [0.15, 0.2) is 6.61 Å². The van der Waals surface area contributed by atoms with Gasteiger partial charge in [0.25, 0.3) is 0 Å². The fourth-order valence-electron chi connectivity index (χ4n) is 1.32. The molecular weight excluding hydrogens is 204 g/mol. The lowest BCUT2D eigenvalue weighted by molar-refractivity contribution is 0.190. The van der Waals surface area contributed by atoms with Gasteiger partial charge in [-0.05, 0) is 13.0 Å². The van der Waals surface area contributed by atoms with E-state index < -0.39 is 0 Å². The van der Waals surface area contributed by atoms with Crippen LogP contribution < -0.4 is 10.1 Å². The van der Waals surface area contributed by atoms with E-state index in [2.05, 4.69) is 5.32 Å². The molecule has 0 aliphatic heterocycles. The van der Waals surface area contributed by atoms with Crippen LogP contribution in [0.25, 0.3) is 0 Å². The van der Waals surface area contributed by atoms with Crippen molar-refractivity contribution in [1.29, 1.82) is 5.26 Å². The molecule has 0 aromatic heterocycles. The standard InChI is InChI=1S/C12H16N2O2/c1-10(15)8-14-9-11-4-2-3-5-12(11)16-7-6-13/h2-5,10,14-15H,7-9H2,1H3. The van der Waals surface area contributed by atoms with Crippen LogP contribution in [-0.4, -0.2) is 24.4 Å². The minimum Gasteiger partial charge on any atom is -0.478 e. The number of hydrogen-bond acceptors (Lipinski definition) is 4. The van der Waals surface area contributed by atoms with E-state index in [1.807, 2.05) is 30.3 Å². The molecule has 0 fully saturated rings. The summed E-state index contributed by atoms with van der Waals surface area (Å²) in [6.07, 6.45) is -0.368. The van der Waals surface area contributed by atoms with Gasteiger partial charge in [-0.3, -0.25) is 0 Å². The Morgan fingerprint density at radius 2 is 2.25 bits per heavy atom. The van der Waals surface area contributed by atoms with E-state index in [0.29, 0.717) is 18.8 Å². The van der Waals surface area contributed by atoms with Crippen LogP contribution in [0, 0.1) is 11.3 Å². The molecule has 2 N–H and O–H groups in total. The molecule has 0 aliphatic carbocycles. The third kappa shape index (κ3) is 4.30. The zero-order chi connectivity index (χ0) is 11.8. The van der Waals surface area contributed by atoms with Crippen LogP contribution in [-0.2, 0) is 6.54 Å². The molecule has 1 aromatic rings. The molecule has 1 rings (SSSR count). The summed E-state index contributed by atoms with van der Waals surface area (Å²) in [5, 5.41) is 20.7. The summed E-state index contributed by atoms with van der Waals surface area (Å²) >= 11 is 0. The molecule has 0 amide bonds. The van der Waals surface area contributed by atoms with Crippen LogP contribution >= 0.6 is 0 Å². The highest BCUT2D eigenvalue weighted by atomic mass is 16.5. The second kappa shape index (κ2) is 6.83.